The predicted molar refractivity (Wildman–Crippen MR) is 117 cm³/mol. The van der Waals surface area contributed by atoms with E-state index in [1.165, 1.54) is 14.2 Å². The first kappa shape index (κ1) is 23.2. The molecule has 0 aromatic heterocycles. The summed E-state index contributed by atoms with van der Waals surface area (Å²) in [4.78, 5) is 39.1. The highest BCUT2D eigenvalue weighted by atomic mass is 79.9. The quantitative estimate of drug-likeness (QED) is 0.371. The molecule has 1 aromatic rings. The molecule has 3 atom stereocenters. The molecule has 2 aliphatic rings. The molecular weight excluding hydrogens is 466 g/mol. The number of rotatable bonds is 6. The summed E-state index contributed by atoms with van der Waals surface area (Å²) in [5.41, 5.74) is 2.85. The van der Waals surface area contributed by atoms with E-state index in [4.69, 9.17) is 14.2 Å². The first-order valence-electron chi connectivity index (χ1n) is 10.0. The Bertz CT molecular complexity index is 967. The molecule has 0 amide bonds. The fourth-order valence-electron chi connectivity index (χ4n) is 4.27. The van der Waals surface area contributed by atoms with Crippen LogP contribution in [0.25, 0.3) is 0 Å². The second kappa shape index (κ2) is 9.78. The summed E-state index contributed by atoms with van der Waals surface area (Å²) < 4.78 is 16.0. The topological polar surface area (TPSA) is 90.9 Å². The fraction of sp³-hybridized carbons (Fsp3) is 0.435. The lowest BCUT2D eigenvalue weighted by atomic mass is 9.69. The first-order chi connectivity index (χ1) is 14.8. The summed E-state index contributed by atoms with van der Waals surface area (Å²) >= 11 is 3.56. The monoisotopic (exact) mass is 491 g/mol. The molecule has 1 N–H and O–H groups in total. The highest BCUT2D eigenvalue weighted by Gasteiger charge is 2.47. The minimum atomic E-state index is -0.917. The zero-order valence-electron chi connectivity index (χ0n) is 18.0. The van der Waals surface area contributed by atoms with Gasteiger partial charge < -0.3 is 19.5 Å². The molecule has 1 aromatic carbocycles. The number of ether oxygens (including phenoxy) is 3. The summed E-state index contributed by atoms with van der Waals surface area (Å²) in [5, 5.41) is 3.24. The summed E-state index contributed by atoms with van der Waals surface area (Å²) in [6.07, 6.45) is 0.491. The van der Waals surface area contributed by atoms with Crippen LogP contribution in [-0.2, 0) is 28.6 Å². The Hall–Kier alpha value is -2.45. The van der Waals surface area contributed by atoms with Crippen LogP contribution in [0.1, 0.15) is 31.7 Å². The Morgan fingerprint density at radius 2 is 1.90 bits per heavy atom. The maximum Gasteiger partial charge on any atom is 0.336 e. The minimum Gasteiger partial charge on any atom is -0.468 e. The van der Waals surface area contributed by atoms with Crippen LogP contribution in [0.15, 0.2) is 51.3 Å². The molecule has 7 nitrogen and oxygen atoms in total. The zero-order valence-corrected chi connectivity index (χ0v) is 19.6. The average molecular weight is 492 g/mol. The van der Waals surface area contributed by atoms with Gasteiger partial charge in [-0.2, -0.15) is 0 Å². The third-order valence-electron chi connectivity index (χ3n) is 5.70. The molecule has 1 aliphatic heterocycles. The van der Waals surface area contributed by atoms with Crippen molar-refractivity contribution in [2.75, 3.05) is 27.4 Å². The summed E-state index contributed by atoms with van der Waals surface area (Å²) in [5.74, 6) is -3.24. The molecule has 3 rings (SSSR count). The number of nitrogens with one attached hydrogen (secondary N) is 1. The predicted octanol–water partition coefficient (Wildman–Crippen LogP) is 3.25. The molecule has 0 saturated carbocycles. The Balaban J connectivity index is 2.14. The van der Waals surface area contributed by atoms with Crippen molar-refractivity contribution in [2.24, 2.45) is 11.8 Å². The summed E-state index contributed by atoms with van der Waals surface area (Å²) in [6.45, 7) is 4.00. The fourth-order valence-corrected chi connectivity index (χ4v) is 4.78. The van der Waals surface area contributed by atoms with E-state index in [0.29, 0.717) is 23.3 Å². The molecule has 0 radical (unpaired) electrons. The van der Waals surface area contributed by atoms with Crippen molar-refractivity contribution in [2.45, 2.75) is 26.2 Å². The number of hydrogen-bond acceptors (Lipinski definition) is 7. The molecule has 1 heterocycles. The Labute approximate surface area is 189 Å². The third-order valence-corrected chi connectivity index (χ3v) is 6.42. The van der Waals surface area contributed by atoms with Crippen LogP contribution in [0.4, 0.5) is 0 Å². The van der Waals surface area contributed by atoms with E-state index in [-0.39, 0.29) is 24.9 Å². The molecule has 166 valence electrons. The molecule has 0 unspecified atom stereocenters. The maximum atomic E-state index is 13.6. The van der Waals surface area contributed by atoms with Crippen molar-refractivity contribution in [1.82, 2.24) is 5.32 Å². The summed E-state index contributed by atoms with van der Waals surface area (Å²) in [7, 11) is 2.80. The lowest BCUT2D eigenvalue weighted by Gasteiger charge is -2.38. The number of dihydropyridines is 1. The van der Waals surface area contributed by atoms with E-state index in [1.807, 2.05) is 31.2 Å². The van der Waals surface area contributed by atoms with E-state index in [9.17, 15) is 14.4 Å². The van der Waals surface area contributed by atoms with Crippen LogP contribution in [0.5, 0.6) is 0 Å². The van der Waals surface area contributed by atoms with Crippen LogP contribution in [0.2, 0.25) is 0 Å². The standard InChI is InChI=1S/C23H26BrNO6/c1-12-11-16-20(21(26)17(12)22(27)30-4)19(14-7-5-6-8-15(14)24)18(13(2)25-16)23(28)31-10-9-29-3/h5-8,12,17,19,25H,9-11H2,1-4H3/t12-,17+,19+/m0/s1. The number of esters is 2. The number of hydrogen-bond donors (Lipinski definition) is 1. The van der Waals surface area contributed by atoms with E-state index < -0.39 is 23.8 Å². The Morgan fingerprint density at radius 1 is 1.19 bits per heavy atom. The van der Waals surface area contributed by atoms with Gasteiger partial charge in [-0.15, -0.1) is 0 Å². The van der Waals surface area contributed by atoms with E-state index >= 15 is 0 Å². The lowest BCUT2D eigenvalue weighted by molar-refractivity contribution is -0.151. The number of ketones is 1. The molecule has 0 saturated heterocycles. The number of methoxy groups -OCH3 is 2. The van der Waals surface area contributed by atoms with Gasteiger partial charge in [0.2, 0.25) is 0 Å². The normalized spacial score (nSPS) is 23.3. The molecule has 31 heavy (non-hydrogen) atoms. The van der Waals surface area contributed by atoms with Crippen molar-refractivity contribution in [3.63, 3.8) is 0 Å². The van der Waals surface area contributed by atoms with E-state index in [2.05, 4.69) is 21.2 Å². The maximum absolute atomic E-state index is 13.6. The number of Topliss-reactive ketones (excluding diaryl/α,β-unsaturated/α-hetero) is 1. The molecule has 1 aliphatic carbocycles. The highest BCUT2D eigenvalue weighted by Crippen LogP contribution is 2.46. The second-order valence-electron chi connectivity index (χ2n) is 7.69. The van der Waals surface area contributed by atoms with Gasteiger partial charge in [-0.3, -0.25) is 9.59 Å². The lowest BCUT2D eigenvalue weighted by Crippen LogP contribution is -2.43. The van der Waals surface area contributed by atoms with Crippen molar-refractivity contribution < 1.29 is 28.6 Å². The van der Waals surface area contributed by atoms with Crippen LogP contribution in [0, 0.1) is 11.8 Å². The van der Waals surface area contributed by atoms with Crippen molar-refractivity contribution >= 4 is 33.7 Å². The van der Waals surface area contributed by atoms with Crippen LogP contribution in [-0.4, -0.2) is 45.2 Å². The van der Waals surface area contributed by atoms with Crippen molar-refractivity contribution in [3.8, 4) is 0 Å². The number of allylic oxidation sites excluding steroid dienone is 3. The first-order valence-corrected chi connectivity index (χ1v) is 10.8. The van der Waals surface area contributed by atoms with Gasteiger partial charge >= 0.3 is 11.9 Å². The second-order valence-corrected chi connectivity index (χ2v) is 8.54. The van der Waals surface area contributed by atoms with Gasteiger partial charge in [-0.05, 0) is 30.9 Å². The van der Waals surface area contributed by atoms with Crippen molar-refractivity contribution in [3.05, 3.63) is 56.8 Å². The molecule has 0 fully saturated rings. The van der Waals surface area contributed by atoms with Gasteiger partial charge in [-0.25, -0.2) is 4.79 Å². The van der Waals surface area contributed by atoms with E-state index in [0.717, 1.165) is 15.7 Å². The minimum absolute atomic E-state index is 0.0937. The van der Waals surface area contributed by atoms with Crippen LogP contribution >= 0.6 is 15.9 Å². The SMILES string of the molecule is COCCOC(=O)C1=C(C)NC2=C(C(=O)[C@H](C(=O)OC)[C@@H](C)C2)[C@@H]1c1ccccc1Br. The zero-order chi connectivity index (χ0) is 22.7. The highest BCUT2D eigenvalue weighted by molar-refractivity contribution is 9.10. The molecule has 0 spiro atoms. The van der Waals surface area contributed by atoms with Gasteiger partial charge in [0.15, 0.2) is 5.78 Å². The van der Waals surface area contributed by atoms with Gasteiger partial charge in [-0.1, -0.05) is 41.1 Å². The third kappa shape index (κ3) is 4.45. The molecule has 0 bridgehead atoms. The summed E-state index contributed by atoms with van der Waals surface area (Å²) in [6, 6.07) is 7.42. The van der Waals surface area contributed by atoms with Crippen LogP contribution < -0.4 is 5.32 Å². The number of halogens is 1. The van der Waals surface area contributed by atoms with Gasteiger partial charge in [0.25, 0.3) is 0 Å². The molecule has 8 heteroatoms. The van der Waals surface area contributed by atoms with Crippen molar-refractivity contribution in [1.29, 1.82) is 0 Å². The van der Waals surface area contributed by atoms with Crippen LogP contribution in [0.3, 0.4) is 0 Å². The molecular formula is C23H26BrNO6. The number of benzene rings is 1. The number of carbonyl (C=O) groups excluding carboxylic acids is 3. The smallest absolute Gasteiger partial charge is 0.336 e. The Kier molecular flexibility index (Phi) is 7.33. The van der Waals surface area contributed by atoms with Gasteiger partial charge in [0, 0.05) is 34.5 Å². The largest absolute Gasteiger partial charge is 0.468 e. The van der Waals surface area contributed by atoms with E-state index in [1.54, 1.807) is 6.92 Å². The average Bonchev–Trinajstić information content (AvgIpc) is 2.73. The van der Waals surface area contributed by atoms with Gasteiger partial charge in [0.1, 0.15) is 12.5 Å². The van der Waals surface area contributed by atoms with Gasteiger partial charge in [0.05, 0.1) is 19.3 Å². The Morgan fingerprint density at radius 3 is 2.55 bits per heavy atom. The number of carbonyl (C=O) groups is 3.